The van der Waals surface area contributed by atoms with Crippen LogP contribution in [0.3, 0.4) is 0 Å². The zero-order valence-electron chi connectivity index (χ0n) is 10.6. The Morgan fingerprint density at radius 2 is 1.72 bits per heavy atom. The van der Waals surface area contributed by atoms with Crippen molar-refractivity contribution in [2.75, 3.05) is 19.6 Å². The topological polar surface area (TPSA) is 23.5 Å². The van der Waals surface area contributed by atoms with E-state index in [1.165, 1.54) is 37.8 Å². The second-order valence-corrected chi connectivity index (χ2v) is 5.87. The van der Waals surface area contributed by atoms with E-state index < -0.39 is 6.10 Å². The van der Waals surface area contributed by atoms with E-state index in [-0.39, 0.29) is 5.82 Å². The molecule has 1 spiro atoms. The van der Waals surface area contributed by atoms with Crippen molar-refractivity contribution in [3.8, 4) is 0 Å². The molecule has 2 nitrogen and oxygen atoms in total. The molecule has 1 heterocycles. The highest BCUT2D eigenvalue weighted by Crippen LogP contribution is 2.53. The van der Waals surface area contributed by atoms with Crippen molar-refractivity contribution >= 4 is 0 Å². The molecule has 1 aromatic rings. The van der Waals surface area contributed by atoms with Crippen LogP contribution in [0, 0.1) is 11.2 Å². The summed E-state index contributed by atoms with van der Waals surface area (Å²) in [5.41, 5.74) is 1.49. The number of hydrogen-bond acceptors (Lipinski definition) is 2. The number of aliphatic hydroxyl groups is 1. The van der Waals surface area contributed by atoms with Gasteiger partial charge in [0.2, 0.25) is 0 Å². The molecule has 0 radical (unpaired) electrons. The molecule has 18 heavy (non-hydrogen) atoms. The van der Waals surface area contributed by atoms with Crippen LogP contribution in [0.1, 0.15) is 37.4 Å². The van der Waals surface area contributed by atoms with Crippen molar-refractivity contribution in [2.45, 2.75) is 31.8 Å². The summed E-state index contributed by atoms with van der Waals surface area (Å²) in [6.45, 7) is 2.86. The standard InChI is InChI=1S/C15H20FNO/c16-13-3-1-12(2-4-13)14(18)11-17-9-7-15(5-6-15)8-10-17/h1-4,14,18H,5-11H2. The Kier molecular flexibility index (Phi) is 3.12. The molecule has 1 atom stereocenters. The number of nitrogens with zero attached hydrogens (tertiary/aromatic N) is 1. The molecule has 3 heteroatoms. The molecule has 2 fully saturated rings. The third-order valence-corrected chi connectivity index (χ3v) is 4.56. The van der Waals surface area contributed by atoms with Crippen molar-refractivity contribution in [3.05, 3.63) is 35.6 Å². The lowest BCUT2D eigenvalue weighted by Gasteiger charge is -2.33. The van der Waals surface area contributed by atoms with Crippen molar-refractivity contribution < 1.29 is 9.50 Å². The number of aliphatic hydroxyl groups excluding tert-OH is 1. The van der Waals surface area contributed by atoms with Crippen LogP contribution in [0.25, 0.3) is 0 Å². The van der Waals surface area contributed by atoms with Crippen LogP contribution in [-0.4, -0.2) is 29.6 Å². The molecule has 2 aliphatic rings. The minimum absolute atomic E-state index is 0.250. The predicted octanol–water partition coefficient (Wildman–Crippen LogP) is 2.74. The van der Waals surface area contributed by atoms with Crippen LogP contribution in [-0.2, 0) is 0 Å². The van der Waals surface area contributed by atoms with Gasteiger partial charge < -0.3 is 10.0 Å². The maximum atomic E-state index is 12.8. The van der Waals surface area contributed by atoms with Gasteiger partial charge in [0, 0.05) is 6.54 Å². The van der Waals surface area contributed by atoms with Gasteiger partial charge >= 0.3 is 0 Å². The fourth-order valence-electron chi connectivity index (χ4n) is 2.92. The Labute approximate surface area is 107 Å². The van der Waals surface area contributed by atoms with E-state index in [2.05, 4.69) is 4.90 Å². The molecule has 1 aliphatic carbocycles. The molecule has 1 aromatic carbocycles. The second kappa shape index (κ2) is 4.63. The Morgan fingerprint density at radius 3 is 2.28 bits per heavy atom. The number of hydrogen-bond donors (Lipinski definition) is 1. The third-order valence-electron chi connectivity index (χ3n) is 4.56. The van der Waals surface area contributed by atoms with E-state index in [0.717, 1.165) is 18.7 Å². The summed E-state index contributed by atoms with van der Waals surface area (Å²) < 4.78 is 12.8. The van der Waals surface area contributed by atoms with Crippen LogP contribution >= 0.6 is 0 Å². The Bertz CT molecular complexity index is 403. The van der Waals surface area contributed by atoms with Gasteiger partial charge in [-0.25, -0.2) is 4.39 Å². The average molecular weight is 249 g/mol. The molecule has 3 rings (SSSR count). The summed E-state index contributed by atoms with van der Waals surface area (Å²) in [7, 11) is 0. The Hall–Kier alpha value is -0.930. The summed E-state index contributed by atoms with van der Waals surface area (Å²) in [5.74, 6) is -0.250. The number of β-amino-alcohol motifs (C(OH)–C–C–N with tert-alkyl or cyclic N) is 1. The molecule has 1 saturated carbocycles. The third kappa shape index (κ3) is 2.57. The smallest absolute Gasteiger partial charge is 0.123 e. The van der Waals surface area contributed by atoms with Crippen LogP contribution in [0.2, 0.25) is 0 Å². The first-order valence-electron chi connectivity index (χ1n) is 6.83. The monoisotopic (exact) mass is 249 g/mol. The minimum Gasteiger partial charge on any atom is -0.387 e. The van der Waals surface area contributed by atoms with Gasteiger partial charge in [0.15, 0.2) is 0 Å². The average Bonchev–Trinajstić information content (AvgIpc) is 3.13. The highest BCUT2D eigenvalue weighted by Gasteiger charge is 2.44. The molecule has 1 aliphatic heterocycles. The molecular formula is C15H20FNO. The number of halogens is 1. The van der Waals surface area contributed by atoms with Gasteiger partial charge in [-0.3, -0.25) is 0 Å². The maximum Gasteiger partial charge on any atom is 0.123 e. The lowest BCUT2D eigenvalue weighted by molar-refractivity contribution is 0.0852. The number of benzene rings is 1. The van der Waals surface area contributed by atoms with Gasteiger partial charge in [-0.2, -0.15) is 0 Å². The van der Waals surface area contributed by atoms with E-state index in [1.807, 2.05) is 0 Å². The molecular weight excluding hydrogens is 229 g/mol. The van der Waals surface area contributed by atoms with Crippen LogP contribution in [0.5, 0.6) is 0 Å². The van der Waals surface area contributed by atoms with Crippen molar-refractivity contribution in [1.29, 1.82) is 0 Å². The van der Waals surface area contributed by atoms with E-state index in [1.54, 1.807) is 12.1 Å². The van der Waals surface area contributed by atoms with Gasteiger partial charge in [0.25, 0.3) is 0 Å². The molecule has 1 unspecified atom stereocenters. The predicted molar refractivity (Wildman–Crippen MR) is 68.7 cm³/mol. The molecule has 1 saturated heterocycles. The number of piperidine rings is 1. The fraction of sp³-hybridized carbons (Fsp3) is 0.600. The quantitative estimate of drug-likeness (QED) is 0.890. The Morgan fingerprint density at radius 1 is 1.11 bits per heavy atom. The van der Waals surface area contributed by atoms with Crippen LogP contribution in [0.15, 0.2) is 24.3 Å². The van der Waals surface area contributed by atoms with Gasteiger partial charge in [0.05, 0.1) is 6.10 Å². The summed E-state index contributed by atoms with van der Waals surface area (Å²) in [6, 6.07) is 6.17. The summed E-state index contributed by atoms with van der Waals surface area (Å²) in [6.07, 6.45) is 4.87. The van der Waals surface area contributed by atoms with E-state index in [9.17, 15) is 9.50 Å². The largest absolute Gasteiger partial charge is 0.387 e. The van der Waals surface area contributed by atoms with Gasteiger partial charge in [-0.15, -0.1) is 0 Å². The highest BCUT2D eigenvalue weighted by molar-refractivity contribution is 5.18. The lowest BCUT2D eigenvalue weighted by Crippen LogP contribution is -2.37. The highest BCUT2D eigenvalue weighted by atomic mass is 19.1. The summed E-state index contributed by atoms with van der Waals surface area (Å²) >= 11 is 0. The lowest BCUT2D eigenvalue weighted by atomic mass is 9.93. The van der Waals surface area contributed by atoms with Gasteiger partial charge in [0.1, 0.15) is 5.82 Å². The summed E-state index contributed by atoms with van der Waals surface area (Å²) in [5, 5.41) is 10.1. The van der Waals surface area contributed by atoms with Crippen LogP contribution in [0.4, 0.5) is 4.39 Å². The van der Waals surface area contributed by atoms with Crippen molar-refractivity contribution in [3.63, 3.8) is 0 Å². The van der Waals surface area contributed by atoms with Gasteiger partial charge in [-0.05, 0) is 61.9 Å². The van der Waals surface area contributed by atoms with Crippen LogP contribution < -0.4 is 0 Å². The second-order valence-electron chi connectivity index (χ2n) is 5.87. The molecule has 1 N–H and O–H groups in total. The first kappa shape index (κ1) is 12.1. The van der Waals surface area contributed by atoms with E-state index in [0.29, 0.717) is 12.0 Å². The fourth-order valence-corrected chi connectivity index (χ4v) is 2.92. The van der Waals surface area contributed by atoms with E-state index >= 15 is 0 Å². The minimum atomic E-state index is -0.501. The van der Waals surface area contributed by atoms with E-state index in [4.69, 9.17) is 0 Å². The maximum absolute atomic E-state index is 12.8. The summed E-state index contributed by atoms with van der Waals surface area (Å²) in [4.78, 5) is 2.33. The van der Waals surface area contributed by atoms with Crippen molar-refractivity contribution in [1.82, 2.24) is 4.90 Å². The number of rotatable bonds is 3. The zero-order valence-corrected chi connectivity index (χ0v) is 10.6. The van der Waals surface area contributed by atoms with Gasteiger partial charge in [-0.1, -0.05) is 12.1 Å². The Balaban J connectivity index is 1.54. The molecule has 98 valence electrons. The molecule has 0 bridgehead atoms. The first-order valence-corrected chi connectivity index (χ1v) is 6.83. The number of likely N-dealkylation sites (tertiary alicyclic amines) is 1. The first-order chi connectivity index (χ1) is 8.67. The van der Waals surface area contributed by atoms with Crippen molar-refractivity contribution in [2.24, 2.45) is 5.41 Å². The molecule has 0 aromatic heterocycles. The SMILES string of the molecule is OC(CN1CCC2(CC1)CC2)c1ccc(F)cc1. The normalized spacial score (nSPS) is 24.1. The molecule has 0 amide bonds. The zero-order chi connectivity index (χ0) is 12.6.